The summed E-state index contributed by atoms with van der Waals surface area (Å²) in [6.07, 6.45) is 5.59. The molecular weight excluding hydrogens is 496 g/mol. The number of ether oxygens (including phenoxy) is 2. The number of fused-ring (bicyclic) bond motifs is 1. The summed E-state index contributed by atoms with van der Waals surface area (Å²) in [6, 6.07) is 5.65. The molecule has 188 valence electrons. The molecule has 1 atom stereocenters. The van der Waals surface area contributed by atoms with Crippen LogP contribution in [-0.2, 0) is 19.5 Å². The Morgan fingerprint density at radius 1 is 1.06 bits per heavy atom. The Morgan fingerprint density at radius 3 is 2.63 bits per heavy atom. The van der Waals surface area contributed by atoms with Crippen LogP contribution in [0.4, 0.5) is 4.39 Å². The van der Waals surface area contributed by atoms with E-state index in [9.17, 15) is 9.18 Å². The molecule has 0 saturated carbocycles. The van der Waals surface area contributed by atoms with Crippen LogP contribution in [0.2, 0.25) is 0 Å². The second-order valence-electron chi connectivity index (χ2n) is 8.97. The molecule has 3 aromatic rings. The van der Waals surface area contributed by atoms with Gasteiger partial charge in [-0.3, -0.25) is 19.7 Å². The first kappa shape index (κ1) is 25.6. The predicted octanol–water partition coefficient (Wildman–Crippen LogP) is 2.72. The van der Waals surface area contributed by atoms with Crippen LogP contribution >= 0.6 is 24.8 Å². The minimum absolute atomic E-state index is 0. The van der Waals surface area contributed by atoms with Crippen LogP contribution in [0, 0.1) is 5.82 Å². The Kier molecular flexibility index (Phi) is 7.80. The highest BCUT2D eigenvalue weighted by Crippen LogP contribution is 2.30. The lowest BCUT2D eigenvalue weighted by Gasteiger charge is -2.40. The summed E-state index contributed by atoms with van der Waals surface area (Å²) in [6.45, 7) is 4.19. The highest BCUT2D eigenvalue weighted by molar-refractivity contribution is 5.85. The molecule has 0 bridgehead atoms. The zero-order valence-electron chi connectivity index (χ0n) is 19.1. The molecule has 8 nitrogen and oxygen atoms in total. The number of nitrogens with zero attached hydrogens (tertiary/aromatic N) is 4. The maximum atomic E-state index is 14.6. The minimum Gasteiger partial charge on any atom is -0.486 e. The van der Waals surface area contributed by atoms with Gasteiger partial charge in [-0.15, -0.1) is 24.8 Å². The number of aromatic nitrogens is 3. The number of hydrogen-bond donors (Lipinski definition) is 1. The molecule has 3 aliphatic rings. The normalized spacial score (nSPS) is 19.6. The fourth-order valence-corrected chi connectivity index (χ4v) is 5.24. The first-order valence-corrected chi connectivity index (χ1v) is 11.5. The van der Waals surface area contributed by atoms with E-state index in [4.69, 9.17) is 9.47 Å². The van der Waals surface area contributed by atoms with Crippen molar-refractivity contribution in [3.63, 3.8) is 0 Å². The van der Waals surface area contributed by atoms with E-state index in [1.54, 1.807) is 16.8 Å². The quantitative estimate of drug-likeness (QED) is 0.562. The fraction of sp³-hybridized carbons (Fsp3) is 0.458. The monoisotopic (exact) mass is 523 g/mol. The van der Waals surface area contributed by atoms with Crippen LogP contribution in [0.25, 0.3) is 11.0 Å². The number of likely N-dealkylation sites (tertiary alicyclic amines) is 1. The highest BCUT2D eigenvalue weighted by atomic mass is 35.5. The van der Waals surface area contributed by atoms with E-state index in [2.05, 4.69) is 20.2 Å². The third kappa shape index (κ3) is 4.95. The average molecular weight is 524 g/mol. The van der Waals surface area contributed by atoms with Crippen molar-refractivity contribution in [2.75, 3.05) is 26.3 Å². The molecule has 1 unspecified atom stereocenters. The van der Waals surface area contributed by atoms with Crippen LogP contribution in [0.1, 0.15) is 24.1 Å². The number of halogens is 3. The van der Waals surface area contributed by atoms with Gasteiger partial charge < -0.3 is 19.4 Å². The molecule has 0 aliphatic carbocycles. The van der Waals surface area contributed by atoms with Crippen molar-refractivity contribution in [2.24, 2.45) is 0 Å². The lowest BCUT2D eigenvalue weighted by molar-refractivity contribution is 0.126. The lowest BCUT2D eigenvalue weighted by Crippen LogP contribution is -2.50. The zero-order chi connectivity index (χ0) is 22.4. The zero-order valence-corrected chi connectivity index (χ0v) is 20.7. The SMILES string of the molecule is Cl.Cl.O=c1ccc2ncc(F)c3c2n1CC(N1CCC(NCc2cc4c(cn2)OCCO4)CC1)C3. The molecule has 1 N–H and O–H groups in total. The van der Waals surface area contributed by atoms with Crippen LogP contribution in [0.15, 0.2) is 35.4 Å². The number of pyridine rings is 3. The topological polar surface area (TPSA) is 81.5 Å². The highest BCUT2D eigenvalue weighted by Gasteiger charge is 2.31. The molecular formula is C24H28Cl2FN5O3. The Labute approximate surface area is 214 Å². The van der Waals surface area contributed by atoms with Gasteiger partial charge >= 0.3 is 0 Å². The Balaban J connectivity index is 0.00000144. The predicted molar refractivity (Wildman–Crippen MR) is 135 cm³/mol. The van der Waals surface area contributed by atoms with Gasteiger partial charge in [0.25, 0.3) is 5.56 Å². The van der Waals surface area contributed by atoms with Crippen molar-refractivity contribution in [1.29, 1.82) is 0 Å². The number of hydrogen-bond acceptors (Lipinski definition) is 7. The molecule has 6 rings (SSSR count). The molecule has 35 heavy (non-hydrogen) atoms. The second kappa shape index (κ2) is 10.7. The number of piperidine rings is 1. The van der Waals surface area contributed by atoms with Crippen LogP contribution in [0.5, 0.6) is 11.5 Å². The van der Waals surface area contributed by atoms with Gasteiger partial charge in [0.15, 0.2) is 11.5 Å². The van der Waals surface area contributed by atoms with E-state index in [0.717, 1.165) is 37.4 Å². The summed E-state index contributed by atoms with van der Waals surface area (Å²) in [7, 11) is 0. The van der Waals surface area contributed by atoms with Crippen molar-refractivity contribution >= 4 is 35.8 Å². The van der Waals surface area contributed by atoms with E-state index in [1.807, 2.05) is 6.07 Å². The van der Waals surface area contributed by atoms with Gasteiger partial charge in [-0.1, -0.05) is 0 Å². The maximum absolute atomic E-state index is 14.6. The molecule has 3 aliphatic heterocycles. The van der Waals surface area contributed by atoms with E-state index < -0.39 is 0 Å². The maximum Gasteiger partial charge on any atom is 0.251 e. The Bertz CT molecular complexity index is 1270. The fourth-order valence-electron chi connectivity index (χ4n) is 5.24. The third-order valence-corrected chi connectivity index (χ3v) is 6.99. The van der Waals surface area contributed by atoms with Crippen molar-refractivity contribution in [1.82, 2.24) is 24.8 Å². The molecule has 0 aromatic carbocycles. The van der Waals surface area contributed by atoms with E-state index in [1.165, 1.54) is 12.3 Å². The van der Waals surface area contributed by atoms with Crippen molar-refractivity contribution in [3.05, 3.63) is 58.0 Å². The molecule has 11 heteroatoms. The molecule has 0 spiro atoms. The van der Waals surface area contributed by atoms with E-state index in [-0.39, 0.29) is 42.2 Å². The summed E-state index contributed by atoms with van der Waals surface area (Å²) in [5, 5.41) is 3.61. The van der Waals surface area contributed by atoms with Gasteiger partial charge in [0.2, 0.25) is 0 Å². The molecule has 1 fully saturated rings. The Morgan fingerprint density at radius 2 is 1.83 bits per heavy atom. The number of nitrogens with one attached hydrogen (secondary N) is 1. The van der Waals surface area contributed by atoms with Gasteiger partial charge in [-0.25, -0.2) is 4.39 Å². The van der Waals surface area contributed by atoms with Gasteiger partial charge in [0.1, 0.15) is 19.0 Å². The largest absolute Gasteiger partial charge is 0.486 e. The minimum atomic E-state index is -0.324. The summed E-state index contributed by atoms with van der Waals surface area (Å²) >= 11 is 0. The first-order valence-electron chi connectivity index (χ1n) is 11.5. The molecule has 1 saturated heterocycles. The van der Waals surface area contributed by atoms with Crippen LogP contribution in [0.3, 0.4) is 0 Å². The van der Waals surface area contributed by atoms with Gasteiger partial charge in [-0.05, 0) is 38.4 Å². The molecule has 3 aromatic heterocycles. The van der Waals surface area contributed by atoms with Gasteiger partial charge in [0.05, 0.1) is 29.1 Å². The average Bonchev–Trinajstić information content (AvgIpc) is 2.86. The van der Waals surface area contributed by atoms with Crippen molar-refractivity contribution in [3.8, 4) is 11.5 Å². The van der Waals surface area contributed by atoms with Gasteiger partial charge in [-0.2, -0.15) is 0 Å². The summed E-state index contributed by atoms with van der Waals surface area (Å²) in [4.78, 5) is 23.5. The van der Waals surface area contributed by atoms with E-state index >= 15 is 0 Å². The standard InChI is InChI=1S/C24H26FN5O3.2ClH/c25-19-12-28-20-1-2-23(31)30-14-17(10-18(19)24(20)30)29-5-3-15(4-6-29)26-11-16-9-21-22(13-27-16)33-8-7-32-21;;/h1-2,9,12-13,15,17,26H,3-8,10-11,14H2;2*1H. The van der Waals surface area contributed by atoms with Crippen LogP contribution < -0.4 is 20.3 Å². The molecule has 0 amide bonds. The second-order valence-corrected chi connectivity index (χ2v) is 8.97. The molecule has 0 radical (unpaired) electrons. The summed E-state index contributed by atoms with van der Waals surface area (Å²) in [5.41, 5.74) is 2.78. The third-order valence-electron chi connectivity index (χ3n) is 6.99. The Hall–Kier alpha value is -2.46. The van der Waals surface area contributed by atoms with Gasteiger partial charge in [0, 0.05) is 42.9 Å². The van der Waals surface area contributed by atoms with Crippen LogP contribution in [-0.4, -0.2) is 57.8 Å². The first-order chi connectivity index (χ1) is 16.2. The summed E-state index contributed by atoms with van der Waals surface area (Å²) in [5.74, 6) is 1.14. The van der Waals surface area contributed by atoms with E-state index in [0.29, 0.717) is 61.1 Å². The van der Waals surface area contributed by atoms with Crippen molar-refractivity contribution in [2.45, 2.75) is 44.4 Å². The number of rotatable bonds is 4. The lowest BCUT2D eigenvalue weighted by atomic mass is 9.95. The molecule has 6 heterocycles. The van der Waals surface area contributed by atoms with Crippen molar-refractivity contribution < 1.29 is 13.9 Å². The smallest absolute Gasteiger partial charge is 0.251 e. The summed E-state index contributed by atoms with van der Waals surface area (Å²) < 4.78 is 27.5.